The molecule has 0 aromatic carbocycles. The van der Waals surface area contributed by atoms with Gasteiger partial charge in [-0.1, -0.05) is 6.07 Å². The molecule has 0 radical (unpaired) electrons. The van der Waals surface area contributed by atoms with Crippen LogP contribution in [0.1, 0.15) is 5.69 Å². The van der Waals surface area contributed by atoms with Gasteiger partial charge in [0.15, 0.2) is 0 Å². The van der Waals surface area contributed by atoms with Gasteiger partial charge in [0, 0.05) is 29.7 Å². The summed E-state index contributed by atoms with van der Waals surface area (Å²) in [4.78, 5) is 6.19. The zero-order valence-corrected chi connectivity index (χ0v) is 7.55. The molecule has 0 fully saturated rings. The number of hydrogen-bond acceptors (Lipinski definition) is 1. The maximum absolute atomic E-state index is 12.2. The van der Waals surface area contributed by atoms with Crippen molar-refractivity contribution in [3.05, 3.63) is 42.5 Å². The van der Waals surface area contributed by atoms with Crippen LogP contribution >= 0.6 is 0 Å². The maximum Gasteiger partial charge on any atom is 0.433 e. The molecule has 0 unspecified atom stereocenters. The highest BCUT2D eigenvalue weighted by molar-refractivity contribution is 5.61. The van der Waals surface area contributed by atoms with Crippen molar-refractivity contribution >= 4 is 0 Å². The van der Waals surface area contributed by atoms with Crippen LogP contribution in [0.15, 0.2) is 36.8 Å². The van der Waals surface area contributed by atoms with Gasteiger partial charge >= 0.3 is 6.18 Å². The van der Waals surface area contributed by atoms with Gasteiger partial charge < -0.3 is 4.98 Å². The van der Waals surface area contributed by atoms with Gasteiger partial charge in [0.05, 0.1) is 0 Å². The van der Waals surface area contributed by atoms with Crippen LogP contribution in [0.5, 0.6) is 0 Å². The van der Waals surface area contributed by atoms with E-state index in [1.165, 1.54) is 12.3 Å². The minimum atomic E-state index is -4.38. The minimum Gasteiger partial charge on any atom is -0.367 e. The van der Waals surface area contributed by atoms with Gasteiger partial charge in [-0.25, -0.2) is 0 Å². The molecule has 2 heterocycles. The molecule has 0 saturated heterocycles. The van der Waals surface area contributed by atoms with Crippen LogP contribution in [-0.4, -0.2) is 9.97 Å². The summed E-state index contributed by atoms with van der Waals surface area (Å²) >= 11 is 0. The van der Waals surface area contributed by atoms with Crippen LogP contribution < -0.4 is 0 Å². The Kier molecular flexibility index (Phi) is 2.22. The summed E-state index contributed by atoms with van der Waals surface area (Å²) in [5.74, 6) is 0. The molecule has 15 heavy (non-hydrogen) atoms. The topological polar surface area (TPSA) is 28.7 Å². The lowest BCUT2D eigenvalue weighted by atomic mass is 10.1. The molecule has 0 amide bonds. The molecular weight excluding hydrogens is 205 g/mol. The highest BCUT2D eigenvalue weighted by atomic mass is 19.4. The van der Waals surface area contributed by atoms with Crippen molar-refractivity contribution in [1.82, 2.24) is 9.97 Å². The highest BCUT2D eigenvalue weighted by Gasteiger charge is 2.31. The SMILES string of the molecule is FC(F)(F)c1ccc(-c2cc[nH]c2)cn1. The molecule has 78 valence electrons. The molecule has 2 nitrogen and oxygen atoms in total. The van der Waals surface area contributed by atoms with Crippen molar-refractivity contribution in [2.45, 2.75) is 6.18 Å². The van der Waals surface area contributed by atoms with Crippen molar-refractivity contribution < 1.29 is 13.2 Å². The van der Waals surface area contributed by atoms with E-state index < -0.39 is 11.9 Å². The summed E-state index contributed by atoms with van der Waals surface area (Å²) in [6.45, 7) is 0. The summed E-state index contributed by atoms with van der Waals surface area (Å²) in [6.07, 6.45) is 0.236. The van der Waals surface area contributed by atoms with Gasteiger partial charge in [-0.2, -0.15) is 13.2 Å². The molecule has 0 atom stereocenters. The third-order valence-electron chi connectivity index (χ3n) is 1.99. The fraction of sp³-hybridized carbons (Fsp3) is 0.100. The number of alkyl halides is 3. The molecule has 0 bridgehead atoms. The zero-order valence-electron chi connectivity index (χ0n) is 7.55. The summed E-state index contributed by atoms with van der Waals surface area (Å²) in [6, 6.07) is 4.14. The van der Waals surface area contributed by atoms with E-state index in [1.807, 2.05) is 0 Å². The lowest BCUT2D eigenvalue weighted by molar-refractivity contribution is -0.141. The number of nitrogens with one attached hydrogen (secondary N) is 1. The average Bonchev–Trinajstić information content (AvgIpc) is 2.69. The van der Waals surface area contributed by atoms with Crippen LogP contribution in [0.2, 0.25) is 0 Å². The second-order valence-corrected chi connectivity index (χ2v) is 3.03. The molecule has 0 spiro atoms. The minimum absolute atomic E-state index is 0.657. The summed E-state index contributed by atoms with van der Waals surface area (Å²) in [7, 11) is 0. The monoisotopic (exact) mass is 212 g/mol. The van der Waals surface area contributed by atoms with Crippen molar-refractivity contribution in [1.29, 1.82) is 0 Å². The second kappa shape index (κ2) is 3.42. The molecule has 1 N–H and O–H groups in total. The molecule has 0 saturated carbocycles. The first-order valence-corrected chi connectivity index (χ1v) is 4.24. The normalized spacial score (nSPS) is 11.7. The molecule has 0 aliphatic heterocycles. The molecular formula is C10H7F3N2. The first-order valence-electron chi connectivity index (χ1n) is 4.24. The first kappa shape index (κ1) is 9.76. The third-order valence-corrected chi connectivity index (χ3v) is 1.99. The highest BCUT2D eigenvalue weighted by Crippen LogP contribution is 2.28. The van der Waals surface area contributed by atoms with Gasteiger partial charge in [0.1, 0.15) is 5.69 Å². The molecule has 2 aromatic heterocycles. The van der Waals surface area contributed by atoms with Crippen LogP contribution in [0.3, 0.4) is 0 Å². The number of rotatable bonds is 1. The number of pyridine rings is 1. The Morgan fingerprint density at radius 2 is 1.87 bits per heavy atom. The van der Waals surface area contributed by atoms with Crippen LogP contribution in [-0.2, 0) is 6.18 Å². The van der Waals surface area contributed by atoms with Gasteiger partial charge in [0.2, 0.25) is 0 Å². The smallest absolute Gasteiger partial charge is 0.367 e. The number of nitrogens with zero attached hydrogens (tertiary/aromatic N) is 1. The quantitative estimate of drug-likeness (QED) is 0.773. The Hall–Kier alpha value is -1.78. The predicted octanol–water partition coefficient (Wildman–Crippen LogP) is 3.10. The van der Waals surface area contributed by atoms with E-state index in [-0.39, 0.29) is 0 Å². The zero-order chi connectivity index (χ0) is 10.9. The molecule has 2 rings (SSSR count). The van der Waals surface area contributed by atoms with Gasteiger partial charge in [-0.15, -0.1) is 0 Å². The Labute approximate surface area is 83.8 Å². The van der Waals surface area contributed by atoms with E-state index in [1.54, 1.807) is 18.5 Å². The predicted molar refractivity (Wildman–Crippen MR) is 49.0 cm³/mol. The largest absolute Gasteiger partial charge is 0.433 e. The lowest BCUT2D eigenvalue weighted by Gasteiger charge is -2.05. The summed E-state index contributed by atoms with van der Waals surface area (Å²) in [5.41, 5.74) is 0.599. The lowest BCUT2D eigenvalue weighted by Crippen LogP contribution is -2.07. The summed E-state index contributed by atoms with van der Waals surface area (Å²) in [5, 5.41) is 0. The van der Waals surface area contributed by atoms with Gasteiger partial charge in [-0.05, 0) is 12.1 Å². The van der Waals surface area contributed by atoms with Crippen molar-refractivity contribution in [3.63, 3.8) is 0 Å². The fourth-order valence-corrected chi connectivity index (χ4v) is 1.24. The van der Waals surface area contributed by atoms with Crippen molar-refractivity contribution in [2.75, 3.05) is 0 Å². The average molecular weight is 212 g/mol. The third kappa shape index (κ3) is 2.01. The Morgan fingerprint density at radius 1 is 1.07 bits per heavy atom. The van der Waals surface area contributed by atoms with E-state index in [0.29, 0.717) is 5.56 Å². The summed E-state index contributed by atoms with van der Waals surface area (Å²) < 4.78 is 36.6. The molecule has 0 aliphatic carbocycles. The Morgan fingerprint density at radius 3 is 2.33 bits per heavy atom. The Bertz CT molecular complexity index is 429. The van der Waals surface area contributed by atoms with Crippen molar-refractivity contribution in [2.24, 2.45) is 0 Å². The molecule has 5 heteroatoms. The fourth-order valence-electron chi connectivity index (χ4n) is 1.24. The van der Waals surface area contributed by atoms with E-state index >= 15 is 0 Å². The van der Waals surface area contributed by atoms with Crippen LogP contribution in [0, 0.1) is 0 Å². The second-order valence-electron chi connectivity index (χ2n) is 3.03. The molecule has 0 aliphatic rings. The number of aromatic nitrogens is 2. The van der Waals surface area contributed by atoms with E-state index in [9.17, 15) is 13.2 Å². The number of H-pyrrole nitrogens is 1. The van der Waals surface area contributed by atoms with Crippen LogP contribution in [0.4, 0.5) is 13.2 Å². The number of halogens is 3. The molecule has 2 aromatic rings. The maximum atomic E-state index is 12.2. The van der Waals surface area contributed by atoms with E-state index in [0.717, 1.165) is 11.6 Å². The number of aromatic amines is 1. The van der Waals surface area contributed by atoms with E-state index in [2.05, 4.69) is 9.97 Å². The van der Waals surface area contributed by atoms with Gasteiger partial charge in [-0.3, -0.25) is 4.98 Å². The van der Waals surface area contributed by atoms with Crippen molar-refractivity contribution in [3.8, 4) is 11.1 Å². The first-order chi connectivity index (χ1) is 7.07. The Balaban J connectivity index is 2.33. The standard InChI is InChI=1S/C10H7F3N2/c11-10(12,13)9-2-1-7(6-15-9)8-3-4-14-5-8/h1-6,14H. The number of hydrogen-bond donors (Lipinski definition) is 1. The van der Waals surface area contributed by atoms with Crippen LogP contribution in [0.25, 0.3) is 11.1 Å². The van der Waals surface area contributed by atoms with E-state index in [4.69, 9.17) is 0 Å². The van der Waals surface area contributed by atoms with Gasteiger partial charge in [0.25, 0.3) is 0 Å².